The molecular weight excluding hydrogens is 418 g/mol. The zero-order chi connectivity index (χ0) is 21.9. The molecule has 1 aliphatic rings. The monoisotopic (exact) mass is 439 g/mol. The number of nitrogen functional groups attached to an aromatic ring is 2. The second kappa shape index (κ2) is 6.74. The van der Waals surface area contributed by atoms with Crippen LogP contribution in [0.15, 0.2) is 30.7 Å². The summed E-state index contributed by atoms with van der Waals surface area (Å²) in [4.78, 5) is 13.3. The molecule has 0 unspecified atom stereocenters. The zero-order valence-corrected chi connectivity index (χ0v) is 17.8. The number of anilines is 2. The summed E-state index contributed by atoms with van der Waals surface area (Å²) in [7, 11) is -3.47. The van der Waals surface area contributed by atoms with Crippen molar-refractivity contribution in [1.82, 2.24) is 33.9 Å². The molecule has 31 heavy (non-hydrogen) atoms. The summed E-state index contributed by atoms with van der Waals surface area (Å²) >= 11 is 0. The van der Waals surface area contributed by atoms with Gasteiger partial charge >= 0.3 is 0 Å². The molecule has 0 aromatic carbocycles. The lowest BCUT2D eigenvalue weighted by Gasteiger charge is -2.09. The Morgan fingerprint density at radius 2 is 1.97 bits per heavy atom. The van der Waals surface area contributed by atoms with E-state index in [1.165, 1.54) is 12.4 Å². The Balaban J connectivity index is 1.62. The van der Waals surface area contributed by atoms with E-state index in [1.54, 1.807) is 23.0 Å². The first-order chi connectivity index (χ1) is 14.8. The molecule has 1 saturated carbocycles. The highest BCUT2D eigenvalue weighted by molar-refractivity contribution is 7.90. The Kier molecular flexibility index (Phi) is 4.22. The van der Waals surface area contributed by atoms with Gasteiger partial charge in [0.1, 0.15) is 11.5 Å². The van der Waals surface area contributed by atoms with Gasteiger partial charge in [0.15, 0.2) is 11.6 Å². The molecule has 4 N–H and O–H groups in total. The standard InChI is InChI=1S/C19H21N9O2S/c1-10(2)28-14-7-15(20)25-17(16(14)18(21)26-28)13-5-6-22-19(24-13)11-8-23-27(9-11)31(29,30)12-3-4-12/h5-10,12H,3-4H2,1-2H3,(H2,20,25)(H2,21,26). The van der Waals surface area contributed by atoms with Gasteiger partial charge in [0.05, 0.1) is 39.8 Å². The van der Waals surface area contributed by atoms with Gasteiger partial charge in [-0.2, -0.15) is 14.3 Å². The highest BCUT2D eigenvalue weighted by Gasteiger charge is 2.37. The number of nitrogens with two attached hydrogens (primary N) is 2. The molecule has 0 atom stereocenters. The molecule has 0 spiro atoms. The second-order valence-electron chi connectivity index (χ2n) is 7.82. The summed E-state index contributed by atoms with van der Waals surface area (Å²) in [5.74, 6) is 0.962. The zero-order valence-electron chi connectivity index (χ0n) is 17.0. The summed E-state index contributed by atoms with van der Waals surface area (Å²) in [5.41, 5.74) is 14.5. The predicted molar refractivity (Wildman–Crippen MR) is 116 cm³/mol. The maximum atomic E-state index is 12.4. The van der Waals surface area contributed by atoms with Gasteiger partial charge in [-0.25, -0.2) is 23.4 Å². The number of nitrogens with zero attached hydrogens (tertiary/aromatic N) is 7. The van der Waals surface area contributed by atoms with E-state index < -0.39 is 10.0 Å². The molecule has 0 saturated heterocycles. The largest absolute Gasteiger partial charge is 0.384 e. The molecule has 4 aromatic heterocycles. The van der Waals surface area contributed by atoms with Gasteiger partial charge in [0.25, 0.3) is 10.0 Å². The van der Waals surface area contributed by atoms with Crippen LogP contribution in [0.25, 0.3) is 33.7 Å². The molecule has 4 heterocycles. The fourth-order valence-corrected chi connectivity index (χ4v) is 4.97. The molecule has 4 aromatic rings. The van der Waals surface area contributed by atoms with Crippen molar-refractivity contribution in [2.75, 3.05) is 11.5 Å². The van der Waals surface area contributed by atoms with Crippen molar-refractivity contribution in [2.45, 2.75) is 38.0 Å². The number of hydrogen-bond donors (Lipinski definition) is 2. The average molecular weight is 440 g/mol. The number of pyridine rings is 1. The number of rotatable bonds is 5. The Bertz CT molecular complexity index is 1420. The minimum atomic E-state index is -3.47. The average Bonchev–Trinajstić information content (AvgIpc) is 3.38. The van der Waals surface area contributed by atoms with E-state index in [9.17, 15) is 8.42 Å². The van der Waals surface area contributed by atoms with Crippen molar-refractivity contribution < 1.29 is 8.42 Å². The van der Waals surface area contributed by atoms with Crippen LogP contribution >= 0.6 is 0 Å². The molecule has 12 heteroatoms. The molecule has 0 amide bonds. The summed E-state index contributed by atoms with van der Waals surface area (Å²) in [6.07, 6.45) is 5.76. The quantitative estimate of drug-likeness (QED) is 0.472. The fraction of sp³-hybridized carbons (Fsp3) is 0.316. The van der Waals surface area contributed by atoms with Crippen molar-refractivity contribution in [1.29, 1.82) is 0 Å². The third-order valence-corrected chi connectivity index (χ3v) is 7.18. The number of hydrogen-bond acceptors (Lipinski definition) is 9. The molecule has 5 rings (SSSR count). The molecule has 1 fully saturated rings. The van der Waals surface area contributed by atoms with E-state index in [0.717, 1.165) is 9.60 Å². The Morgan fingerprint density at radius 1 is 1.19 bits per heavy atom. The van der Waals surface area contributed by atoms with Crippen LogP contribution in [0.4, 0.5) is 11.6 Å². The lowest BCUT2D eigenvalue weighted by Crippen LogP contribution is -2.17. The van der Waals surface area contributed by atoms with E-state index in [0.29, 0.717) is 52.6 Å². The van der Waals surface area contributed by atoms with Crippen molar-refractivity contribution in [3.05, 3.63) is 30.7 Å². The van der Waals surface area contributed by atoms with Gasteiger partial charge in [-0.15, -0.1) is 0 Å². The minimum Gasteiger partial charge on any atom is -0.384 e. The molecule has 11 nitrogen and oxygen atoms in total. The smallest absolute Gasteiger partial charge is 0.256 e. The summed E-state index contributed by atoms with van der Waals surface area (Å²) < 4.78 is 27.6. The second-order valence-corrected chi connectivity index (χ2v) is 9.90. The highest BCUT2D eigenvalue weighted by Crippen LogP contribution is 2.34. The van der Waals surface area contributed by atoms with Crippen LogP contribution in [0.5, 0.6) is 0 Å². The van der Waals surface area contributed by atoms with E-state index in [-0.39, 0.29) is 11.3 Å². The van der Waals surface area contributed by atoms with Crippen molar-refractivity contribution in [3.63, 3.8) is 0 Å². The van der Waals surface area contributed by atoms with Gasteiger partial charge in [-0.05, 0) is 32.8 Å². The lowest BCUT2D eigenvalue weighted by molar-refractivity contribution is 0.553. The van der Waals surface area contributed by atoms with Gasteiger partial charge in [0.2, 0.25) is 0 Å². The lowest BCUT2D eigenvalue weighted by atomic mass is 10.1. The molecule has 0 aliphatic heterocycles. The Morgan fingerprint density at radius 3 is 2.68 bits per heavy atom. The van der Waals surface area contributed by atoms with Gasteiger partial charge < -0.3 is 11.5 Å². The maximum Gasteiger partial charge on any atom is 0.256 e. The molecular formula is C19H21N9O2S. The SMILES string of the molecule is CC(C)n1nc(N)c2c(-c3ccnc(-c4cnn(S(=O)(=O)C5CC5)c4)n3)nc(N)cc21. The molecule has 0 radical (unpaired) electrons. The molecule has 160 valence electrons. The van der Waals surface area contributed by atoms with Gasteiger partial charge in [0, 0.05) is 18.3 Å². The first-order valence-corrected chi connectivity index (χ1v) is 11.3. The Labute approximate surface area is 178 Å². The highest BCUT2D eigenvalue weighted by atomic mass is 32.2. The first kappa shape index (κ1) is 19.4. The fourth-order valence-electron chi connectivity index (χ4n) is 3.49. The maximum absolute atomic E-state index is 12.4. The third kappa shape index (κ3) is 3.19. The minimum absolute atomic E-state index is 0.0784. The summed E-state index contributed by atoms with van der Waals surface area (Å²) in [6.45, 7) is 4.00. The first-order valence-electron chi connectivity index (χ1n) is 9.82. The van der Waals surface area contributed by atoms with E-state index in [1.807, 2.05) is 13.8 Å². The van der Waals surface area contributed by atoms with E-state index >= 15 is 0 Å². The number of fused-ring (bicyclic) bond motifs is 1. The number of aromatic nitrogens is 7. The van der Waals surface area contributed by atoms with Crippen LogP contribution in [0, 0.1) is 0 Å². The van der Waals surface area contributed by atoms with Crippen LogP contribution in [0.2, 0.25) is 0 Å². The van der Waals surface area contributed by atoms with Crippen molar-refractivity contribution in [2.24, 2.45) is 0 Å². The topological polar surface area (TPSA) is 160 Å². The molecule has 1 aliphatic carbocycles. The molecule has 0 bridgehead atoms. The summed E-state index contributed by atoms with van der Waals surface area (Å²) in [5, 5.41) is 8.72. The normalized spacial score (nSPS) is 14.5. The van der Waals surface area contributed by atoms with E-state index in [2.05, 4.69) is 25.1 Å². The van der Waals surface area contributed by atoms with Crippen molar-refractivity contribution >= 4 is 32.6 Å². The third-order valence-electron chi connectivity index (χ3n) is 5.15. The van der Waals surface area contributed by atoms with Crippen LogP contribution in [-0.4, -0.2) is 47.6 Å². The van der Waals surface area contributed by atoms with Crippen LogP contribution in [0.3, 0.4) is 0 Å². The Hall–Kier alpha value is -3.54. The van der Waals surface area contributed by atoms with Crippen LogP contribution in [-0.2, 0) is 10.0 Å². The van der Waals surface area contributed by atoms with Crippen LogP contribution < -0.4 is 11.5 Å². The van der Waals surface area contributed by atoms with Crippen molar-refractivity contribution in [3.8, 4) is 22.8 Å². The van der Waals surface area contributed by atoms with Crippen LogP contribution in [0.1, 0.15) is 32.7 Å². The predicted octanol–water partition coefficient (Wildman–Crippen LogP) is 1.84. The van der Waals surface area contributed by atoms with E-state index in [4.69, 9.17) is 11.5 Å². The summed E-state index contributed by atoms with van der Waals surface area (Å²) in [6, 6.07) is 3.51. The van der Waals surface area contributed by atoms with Gasteiger partial charge in [-0.1, -0.05) is 0 Å². The van der Waals surface area contributed by atoms with Gasteiger partial charge in [-0.3, -0.25) is 4.68 Å².